The summed E-state index contributed by atoms with van der Waals surface area (Å²) in [5.74, 6) is -0.175. The molecule has 5 rings (SSSR count). The first-order chi connectivity index (χ1) is 14.3. The van der Waals surface area contributed by atoms with Gasteiger partial charge in [0, 0.05) is 40.5 Å². The molecule has 3 heterocycles. The highest BCUT2D eigenvalue weighted by Crippen LogP contribution is 2.29. The number of hydrogen-bond donors (Lipinski definition) is 1. The van der Waals surface area contributed by atoms with Crippen molar-refractivity contribution in [1.82, 2.24) is 15.0 Å². The zero-order valence-corrected chi connectivity index (χ0v) is 15.4. The number of anilines is 1. The van der Waals surface area contributed by atoms with Gasteiger partial charge in [0.25, 0.3) is 5.91 Å². The molecule has 0 saturated carbocycles. The van der Waals surface area contributed by atoms with Crippen LogP contribution in [-0.4, -0.2) is 20.9 Å². The first-order valence-electron chi connectivity index (χ1n) is 9.25. The molecule has 1 amide bonds. The fourth-order valence-electron chi connectivity index (χ4n) is 3.40. The molecule has 1 N–H and O–H groups in total. The van der Waals surface area contributed by atoms with Crippen molar-refractivity contribution < 1.29 is 4.79 Å². The Kier molecular flexibility index (Phi) is 4.18. The van der Waals surface area contributed by atoms with Crippen molar-refractivity contribution in [2.45, 2.75) is 0 Å². The molecule has 2 aromatic carbocycles. The van der Waals surface area contributed by atoms with Crippen molar-refractivity contribution in [1.29, 1.82) is 0 Å². The number of hydrogen-bond acceptors (Lipinski definition) is 4. The van der Waals surface area contributed by atoms with Gasteiger partial charge in [-0.25, -0.2) is 0 Å². The predicted molar refractivity (Wildman–Crippen MR) is 115 cm³/mol. The van der Waals surface area contributed by atoms with Crippen molar-refractivity contribution in [3.63, 3.8) is 0 Å². The van der Waals surface area contributed by atoms with Gasteiger partial charge >= 0.3 is 0 Å². The van der Waals surface area contributed by atoms with Crippen LogP contribution in [0.2, 0.25) is 0 Å². The topological polar surface area (TPSA) is 67.8 Å². The number of carbonyl (C=O) groups excluding carboxylic acids is 1. The molecule has 0 atom stereocenters. The first-order valence-corrected chi connectivity index (χ1v) is 9.25. The second-order valence-electron chi connectivity index (χ2n) is 6.65. The van der Waals surface area contributed by atoms with Crippen LogP contribution in [0.15, 0.2) is 91.4 Å². The van der Waals surface area contributed by atoms with Crippen molar-refractivity contribution in [3.8, 4) is 11.3 Å². The molecule has 138 valence electrons. The van der Waals surface area contributed by atoms with Gasteiger partial charge in [0.1, 0.15) is 0 Å². The van der Waals surface area contributed by atoms with Crippen LogP contribution in [0, 0.1) is 0 Å². The number of fused-ring (bicyclic) bond motifs is 3. The maximum absolute atomic E-state index is 12.9. The summed E-state index contributed by atoms with van der Waals surface area (Å²) >= 11 is 0. The van der Waals surface area contributed by atoms with E-state index in [4.69, 9.17) is 0 Å². The molecule has 0 saturated heterocycles. The number of carbonyl (C=O) groups is 1. The van der Waals surface area contributed by atoms with Crippen molar-refractivity contribution >= 4 is 33.4 Å². The Morgan fingerprint density at radius 2 is 1.48 bits per heavy atom. The van der Waals surface area contributed by atoms with E-state index in [2.05, 4.69) is 20.3 Å². The Morgan fingerprint density at radius 1 is 0.724 bits per heavy atom. The summed E-state index contributed by atoms with van der Waals surface area (Å²) in [5, 5.41) is 4.82. The lowest BCUT2D eigenvalue weighted by molar-refractivity contribution is 0.102. The maximum atomic E-state index is 12.9. The van der Waals surface area contributed by atoms with Gasteiger partial charge in [-0.3, -0.25) is 19.7 Å². The van der Waals surface area contributed by atoms with E-state index in [-0.39, 0.29) is 5.91 Å². The first kappa shape index (κ1) is 17.0. The Morgan fingerprint density at radius 3 is 2.28 bits per heavy atom. The van der Waals surface area contributed by atoms with Gasteiger partial charge in [-0.1, -0.05) is 24.3 Å². The van der Waals surface area contributed by atoms with Gasteiger partial charge in [0.05, 0.1) is 22.4 Å². The molecule has 0 aliphatic carbocycles. The number of rotatable bonds is 3. The van der Waals surface area contributed by atoms with Gasteiger partial charge in [-0.05, 0) is 48.5 Å². The van der Waals surface area contributed by atoms with Crippen molar-refractivity contribution in [2.75, 3.05) is 5.32 Å². The number of nitrogens with zero attached hydrogens (tertiary/aromatic N) is 3. The van der Waals surface area contributed by atoms with Crippen LogP contribution in [-0.2, 0) is 0 Å². The van der Waals surface area contributed by atoms with E-state index in [0.29, 0.717) is 11.3 Å². The average Bonchev–Trinajstić information content (AvgIpc) is 2.80. The SMILES string of the molecule is O=C(Nc1cc2cccnc2c2ncccc12)c1ccc(-c2ccccn2)cc1. The van der Waals surface area contributed by atoms with E-state index in [1.54, 1.807) is 18.6 Å². The summed E-state index contributed by atoms with van der Waals surface area (Å²) in [6.07, 6.45) is 5.24. The molecule has 0 fully saturated rings. The quantitative estimate of drug-likeness (QED) is 0.445. The van der Waals surface area contributed by atoms with Crippen LogP contribution >= 0.6 is 0 Å². The smallest absolute Gasteiger partial charge is 0.255 e. The van der Waals surface area contributed by atoms with Crippen LogP contribution in [0.4, 0.5) is 5.69 Å². The molecule has 29 heavy (non-hydrogen) atoms. The highest BCUT2D eigenvalue weighted by Gasteiger charge is 2.12. The minimum atomic E-state index is -0.175. The Labute approximate surface area is 167 Å². The molecule has 5 aromatic rings. The van der Waals surface area contributed by atoms with Gasteiger partial charge in [0.2, 0.25) is 0 Å². The van der Waals surface area contributed by atoms with Crippen molar-refractivity contribution in [3.05, 3.63) is 97.0 Å². The summed E-state index contributed by atoms with van der Waals surface area (Å²) in [4.78, 5) is 26.1. The van der Waals surface area contributed by atoms with E-state index < -0.39 is 0 Å². The van der Waals surface area contributed by atoms with Gasteiger partial charge in [0.15, 0.2) is 0 Å². The number of amides is 1. The molecular formula is C24H16N4O. The average molecular weight is 376 g/mol. The summed E-state index contributed by atoms with van der Waals surface area (Å²) in [6, 6.07) is 22.8. The van der Waals surface area contributed by atoms with Crippen LogP contribution in [0.1, 0.15) is 10.4 Å². The van der Waals surface area contributed by atoms with Crippen LogP contribution in [0.3, 0.4) is 0 Å². The predicted octanol–water partition coefficient (Wildman–Crippen LogP) is 5.10. The molecule has 0 unspecified atom stereocenters. The van der Waals surface area contributed by atoms with E-state index in [1.807, 2.05) is 72.8 Å². The lowest BCUT2D eigenvalue weighted by Crippen LogP contribution is -2.12. The number of benzene rings is 2. The molecule has 0 aliphatic rings. The third kappa shape index (κ3) is 3.19. The van der Waals surface area contributed by atoms with Crippen molar-refractivity contribution in [2.24, 2.45) is 0 Å². The Hall–Kier alpha value is -4.12. The van der Waals surface area contributed by atoms with E-state index in [1.165, 1.54) is 0 Å². The molecule has 0 aliphatic heterocycles. The second kappa shape index (κ2) is 7.13. The Bertz CT molecular complexity index is 1330. The third-order valence-corrected chi connectivity index (χ3v) is 4.82. The number of pyridine rings is 3. The van der Waals surface area contributed by atoms with Crippen LogP contribution in [0.25, 0.3) is 33.1 Å². The molecule has 5 heteroatoms. The summed E-state index contributed by atoms with van der Waals surface area (Å²) in [7, 11) is 0. The largest absolute Gasteiger partial charge is 0.321 e. The van der Waals surface area contributed by atoms with Gasteiger partial charge in [-0.2, -0.15) is 0 Å². The fourth-order valence-corrected chi connectivity index (χ4v) is 3.40. The molecule has 5 nitrogen and oxygen atoms in total. The molecule has 0 bridgehead atoms. The molecule has 0 spiro atoms. The van der Waals surface area contributed by atoms with Crippen LogP contribution < -0.4 is 5.32 Å². The normalized spacial score (nSPS) is 10.9. The van der Waals surface area contributed by atoms with E-state index >= 15 is 0 Å². The van der Waals surface area contributed by atoms with Gasteiger partial charge in [-0.15, -0.1) is 0 Å². The Balaban J connectivity index is 1.50. The highest BCUT2D eigenvalue weighted by molar-refractivity contribution is 6.14. The monoisotopic (exact) mass is 376 g/mol. The zero-order valence-electron chi connectivity index (χ0n) is 15.4. The van der Waals surface area contributed by atoms with E-state index in [0.717, 1.165) is 33.1 Å². The zero-order chi connectivity index (χ0) is 19.6. The molecular weight excluding hydrogens is 360 g/mol. The molecule has 3 aromatic heterocycles. The highest BCUT2D eigenvalue weighted by atomic mass is 16.1. The lowest BCUT2D eigenvalue weighted by atomic mass is 10.1. The lowest BCUT2D eigenvalue weighted by Gasteiger charge is -2.11. The number of nitrogens with one attached hydrogen (secondary N) is 1. The second-order valence-corrected chi connectivity index (χ2v) is 6.65. The van der Waals surface area contributed by atoms with E-state index in [9.17, 15) is 4.79 Å². The third-order valence-electron chi connectivity index (χ3n) is 4.82. The maximum Gasteiger partial charge on any atom is 0.255 e. The summed E-state index contributed by atoms with van der Waals surface area (Å²) in [5.41, 5.74) is 4.72. The fraction of sp³-hybridized carbons (Fsp3) is 0. The summed E-state index contributed by atoms with van der Waals surface area (Å²) in [6.45, 7) is 0. The number of aromatic nitrogens is 3. The van der Waals surface area contributed by atoms with Crippen LogP contribution in [0.5, 0.6) is 0 Å². The summed E-state index contributed by atoms with van der Waals surface area (Å²) < 4.78 is 0. The molecule has 0 radical (unpaired) electrons. The standard InChI is InChI=1S/C24H16N4O/c29-24(17-10-8-16(9-11-17)20-7-1-2-12-25-20)28-21-15-18-5-3-13-26-22(18)23-19(21)6-4-14-27-23/h1-15H,(H,28,29). The minimum absolute atomic E-state index is 0.175. The minimum Gasteiger partial charge on any atom is -0.321 e. The van der Waals surface area contributed by atoms with Gasteiger partial charge < -0.3 is 5.32 Å².